The fraction of sp³-hybridized carbons (Fsp3) is 0. The largest absolute Gasteiger partial charge is 0.288 e. The molecule has 2 aromatic rings. The fourth-order valence-electron chi connectivity index (χ4n) is 1.75. The molecule has 0 bridgehead atoms. The van der Waals surface area contributed by atoms with E-state index in [4.69, 9.17) is 23.2 Å². The van der Waals surface area contributed by atoms with Gasteiger partial charge in [-0.1, -0.05) is 23.2 Å². The summed E-state index contributed by atoms with van der Waals surface area (Å²) in [6, 6.07) is 6.79. The molecule has 0 unspecified atom stereocenters. The number of ketones is 1. The molecule has 2 aromatic carbocycles. The molecule has 22 heavy (non-hydrogen) atoms. The molecule has 9 heteroatoms. The maximum absolute atomic E-state index is 12.3. The fourth-order valence-corrected chi connectivity index (χ4v) is 2.27. The highest BCUT2D eigenvalue weighted by Gasteiger charge is 2.20. The van der Waals surface area contributed by atoms with Crippen molar-refractivity contribution in [2.45, 2.75) is 0 Å². The van der Waals surface area contributed by atoms with Crippen LogP contribution in [0.1, 0.15) is 15.9 Å². The molecule has 0 aromatic heterocycles. The first-order valence-corrected chi connectivity index (χ1v) is 6.49. The lowest BCUT2D eigenvalue weighted by atomic mass is 10.0. The molecular weight excluding hydrogens is 335 g/mol. The van der Waals surface area contributed by atoms with E-state index in [0.717, 1.165) is 24.3 Å². The van der Waals surface area contributed by atoms with Crippen LogP contribution in [0, 0.1) is 20.2 Å². The normalized spacial score (nSPS) is 10.3. The van der Waals surface area contributed by atoms with Crippen molar-refractivity contribution in [1.29, 1.82) is 0 Å². The Kier molecular flexibility index (Phi) is 4.39. The Morgan fingerprint density at radius 3 is 1.45 bits per heavy atom. The maximum atomic E-state index is 12.3. The molecule has 0 saturated carbocycles. The quantitative estimate of drug-likeness (QED) is 0.474. The van der Waals surface area contributed by atoms with Crippen molar-refractivity contribution < 1.29 is 14.6 Å². The van der Waals surface area contributed by atoms with E-state index in [0.29, 0.717) is 0 Å². The standard InChI is InChI=1S/C13H6Cl2N2O5/c14-11-5-7(16(19)20)1-3-9(11)13(18)10-4-2-8(17(21)22)6-12(10)15/h1-6H. The van der Waals surface area contributed by atoms with E-state index in [2.05, 4.69) is 0 Å². The molecule has 0 radical (unpaired) electrons. The number of rotatable bonds is 4. The van der Waals surface area contributed by atoms with Crippen molar-refractivity contribution >= 4 is 40.4 Å². The molecule has 0 N–H and O–H groups in total. The predicted molar refractivity (Wildman–Crippen MR) is 79.6 cm³/mol. The van der Waals surface area contributed by atoms with Gasteiger partial charge < -0.3 is 0 Å². The lowest BCUT2D eigenvalue weighted by Crippen LogP contribution is -2.04. The molecular formula is C13H6Cl2N2O5. The van der Waals surface area contributed by atoms with Gasteiger partial charge in [0.25, 0.3) is 11.4 Å². The zero-order chi connectivity index (χ0) is 16.4. The van der Waals surface area contributed by atoms with E-state index >= 15 is 0 Å². The van der Waals surface area contributed by atoms with Crippen molar-refractivity contribution in [3.05, 3.63) is 77.8 Å². The summed E-state index contributed by atoms with van der Waals surface area (Å²) in [5.74, 6) is -0.584. The number of nitro benzene ring substituents is 2. The van der Waals surface area contributed by atoms with Gasteiger partial charge in [-0.05, 0) is 12.1 Å². The smallest absolute Gasteiger partial charge is 0.270 e. The van der Waals surface area contributed by atoms with E-state index in [1.54, 1.807) is 0 Å². The molecule has 0 amide bonds. The Morgan fingerprint density at radius 2 is 1.18 bits per heavy atom. The van der Waals surface area contributed by atoms with Crippen LogP contribution in [-0.4, -0.2) is 15.6 Å². The number of non-ortho nitro benzene ring substituents is 2. The van der Waals surface area contributed by atoms with Gasteiger partial charge in [0, 0.05) is 35.4 Å². The van der Waals surface area contributed by atoms with Gasteiger partial charge in [0.15, 0.2) is 5.78 Å². The maximum Gasteiger partial charge on any atom is 0.270 e. The molecule has 2 rings (SSSR count). The van der Waals surface area contributed by atoms with E-state index in [9.17, 15) is 25.0 Å². The summed E-state index contributed by atoms with van der Waals surface area (Å²) < 4.78 is 0. The second-order valence-corrected chi connectivity index (χ2v) is 4.99. The number of hydrogen-bond donors (Lipinski definition) is 0. The highest BCUT2D eigenvalue weighted by atomic mass is 35.5. The minimum Gasteiger partial charge on any atom is -0.288 e. The van der Waals surface area contributed by atoms with Crippen LogP contribution in [0.25, 0.3) is 0 Å². The van der Waals surface area contributed by atoms with Crippen molar-refractivity contribution in [2.75, 3.05) is 0 Å². The van der Waals surface area contributed by atoms with Crippen LogP contribution in [0.4, 0.5) is 11.4 Å². The molecule has 0 heterocycles. The zero-order valence-electron chi connectivity index (χ0n) is 10.7. The molecule has 7 nitrogen and oxygen atoms in total. The number of nitrogens with zero attached hydrogens (tertiary/aromatic N) is 2. The van der Waals surface area contributed by atoms with Crippen LogP contribution < -0.4 is 0 Å². The Labute approximate surface area is 133 Å². The van der Waals surface area contributed by atoms with Gasteiger partial charge in [-0.2, -0.15) is 0 Å². The van der Waals surface area contributed by atoms with Crippen LogP contribution in [0.3, 0.4) is 0 Å². The van der Waals surface area contributed by atoms with Crippen LogP contribution >= 0.6 is 23.2 Å². The summed E-state index contributed by atoms with van der Waals surface area (Å²) in [5, 5.41) is 21.1. The van der Waals surface area contributed by atoms with Gasteiger partial charge >= 0.3 is 0 Å². The molecule has 0 aliphatic heterocycles. The van der Waals surface area contributed by atoms with Crippen LogP contribution in [0.15, 0.2) is 36.4 Å². The summed E-state index contributed by atoms with van der Waals surface area (Å²) in [4.78, 5) is 32.3. The Balaban J connectivity index is 2.44. The van der Waals surface area contributed by atoms with Crippen LogP contribution in [-0.2, 0) is 0 Å². The predicted octanol–water partition coefficient (Wildman–Crippen LogP) is 4.04. The van der Waals surface area contributed by atoms with Gasteiger partial charge in [-0.3, -0.25) is 25.0 Å². The molecule has 0 aliphatic carbocycles. The first-order valence-electron chi connectivity index (χ1n) is 5.74. The van der Waals surface area contributed by atoms with Gasteiger partial charge in [-0.15, -0.1) is 0 Å². The number of halogens is 2. The lowest BCUT2D eigenvalue weighted by molar-refractivity contribution is -0.385. The summed E-state index contributed by atoms with van der Waals surface area (Å²) in [6.07, 6.45) is 0. The third-order valence-electron chi connectivity index (χ3n) is 2.82. The molecule has 0 fully saturated rings. The average Bonchev–Trinajstić information content (AvgIpc) is 2.46. The van der Waals surface area contributed by atoms with Gasteiger partial charge in [0.2, 0.25) is 0 Å². The minimum absolute atomic E-state index is 0.0167. The van der Waals surface area contributed by atoms with E-state index < -0.39 is 15.6 Å². The second-order valence-electron chi connectivity index (χ2n) is 4.17. The van der Waals surface area contributed by atoms with Gasteiger partial charge in [-0.25, -0.2) is 0 Å². The molecule has 0 aliphatic rings. The summed E-state index contributed by atoms with van der Waals surface area (Å²) in [6.45, 7) is 0. The van der Waals surface area contributed by atoms with E-state index in [1.807, 2.05) is 0 Å². The number of hydrogen-bond acceptors (Lipinski definition) is 5. The van der Waals surface area contributed by atoms with Crippen LogP contribution in [0.2, 0.25) is 10.0 Å². The minimum atomic E-state index is -0.640. The zero-order valence-corrected chi connectivity index (χ0v) is 12.2. The Morgan fingerprint density at radius 1 is 0.818 bits per heavy atom. The first kappa shape index (κ1) is 15.9. The second kappa shape index (κ2) is 6.08. The van der Waals surface area contributed by atoms with E-state index in [1.165, 1.54) is 12.1 Å². The third-order valence-corrected chi connectivity index (χ3v) is 3.44. The lowest BCUT2D eigenvalue weighted by Gasteiger charge is -2.05. The summed E-state index contributed by atoms with van der Waals surface area (Å²) in [5.41, 5.74) is -0.473. The monoisotopic (exact) mass is 340 g/mol. The van der Waals surface area contributed by atoms with Gasteiger partial charge in [0.05, 0.1) is 19.9 Å². The summed E-state index contributed by atoms with van der Waals surface area (Å²) >= 11 is 11.8. The Bertz CT molecular complexity index is 742. The van der Waals surface area contributed by atoms with Crippen LogP contribution in [0.5, 0.6) is 0 Å². The van der Waals surface area contributed by atoms with Crippen molar-refractivity contribution in [2.24, 2.45) is 0 Å². The first-order chi connectivity index (χ1) is 10.3. The SMILES string of the molecule is O=C(c1ccc([N+](=O)[O-])cc1Cl)c1ccc([N+](=O)[O-])cc1Cl. The summed E-state index contributed by atoms with van der Waals surface area (Å²) in [7, 11) is 0. The highest BCUT2D eigenvalue weighted by Crippen LogP contribution is 2.29. The highest BCUT2D eigenvalue weighted by molar-refractivity contribution is 6.38. The molecule has 0 saturated heterocycles. The number of benzene rings is 2. The number of nitro groups is 2. The van der Waals surface area contributed by atoms with Gasteiger partial charge in [0.1, 0.15) is 0 Å². The molecule has 0 atom stereocenters. The Hall–Kier alpha value is -2.51. The number of carbonyl (C=O) groups is 1. The average molecular weight is 341 g/mol. The molecule has 0 spiro atoms. The van der Waals surface area contributed by atoms with Crippen molar-refractivity contribution in [3.63, 3.8) is 0 Å². The van der Waals surface area contributed by atoms with Crippen molar-refractivity contribution in [3.8, 4) is 0 Å². The number of carbonyl (C=O) groups excluding carboxylic acids is 1. The van der Waals surface area contributed by atoms with E-state index in [-0.39, 0.29) is 32.5 Å². The molecule has 112 valence electrons. The third kappa shape index (κ3) is 3.05. The van der Waals surface area contributed by atoms with Crippen molar-refractivity contribution in [1.82, 2.24) is 0 Å². The topological polar surface area (TPSA) is 103 Å².